The molecule has 15 heteroatoms. The Balaban J connectivity index is 1.07. The number of nitro groups is 1. The number of aliphatic hydroxyl groups excluding tert-OH is 4. The number of nitrogens with zero attached hydrogens (tertiary/aromatic N) is 6. The van der Waals surface area contributed by atoms with E-state index in [4.69, 9.17) is 9.47 Å². The number of unbranched alkanes of at least 4 members (excludes halogenated alkanes) is 1. The molecule has 3 aromatic carbocycles. The molecule has 1 unspecified atom stereocenters. The molecule has 0 spiro atoms. The largest absolute Gasteiger partial charge is 0.482 e. The maximum atomic E-state index is 11.9. The van der Waals surface area contributed by atoms with Gasteiger partial charge >= 0.3 is 5.69 Å². The molecule has 0 saturated carbocycles. The summed E-state index contributed by atoms with van der Waals surface area (Å²) in [6, 6.07) is 23.9. The third-order valence-corrected chi connectivity index (χ3v) is 8.83. The molecule has 51 heavy (non-hydrogen) atoms. The predicted octanol–water partition coefficient (Wildman–Crippen LogP) is 3.35. The zero-order valence-corrected chi connectivity index (χ0v) is 27.8. The van der Waals surface area contributed by atoms with Crippen LogP contribution < -0.4 is 10.1 Å². The van der Waals surface area contributed by atoms with Crippen LogP contribution in [0.5, 0.6) is 5.75 Å². The summed E-state index contributed by atoms with van der Waals surface area (Å²) >= 11 is 0. The van der Waals surface area contributed by atoms with Crippen molar-refractivity contribution in [3.05, 3.63) is 118 Å². The quantitative estimate of drug-likeness (QED) is 0.0538. The Hall–Kier alpha value is -5.03. The van der Waals surface area contributed by atoms with Gasteiger partial charge in [-0.15, -0.1) is 0 Å². The molecule has 6 rings (SSSR count). The standard InChI is InChI=1S/C36H41N7O8/c44-20-30-32(46)33(47)36(51-30)42-23-40-31-34(38-22-39-35(31)42)37-15-7-8-16-41(18-24-9-3-1-4-10-24)19-28(45)26-13-14-29(27(17-26)43(48)49)50-21-25-11-5-2-6-12-25/h1-6,9-14,17,22-23,28,30,32-33,36,44-47H,7-8,15-16,18-21H2,(H,37,38,39)/t28?,30-,32-,33-,36-/m1/s1. The summed E-state index contributed by atoms with van der Waals surface area (Å²) in [6.07, 6.45) is -1.03. The van der Waals surface area contributed by atoms with E-state index in [1.807, 2.05) is 60.7 Å². The summed E-state index contributed by atoms with van der Waals surface area (Å²) < 4.78 is 12.9. The van der Waals surface area contributed by atoms with Gasteiger partial charge in [-0.25, -0.2) is 15.0 Å². The summed E-state index contributed by atoms with van der Waals surface area (Å²) in [6.45, 7) is 1.79. The van der Waals surface area contributed by atoms with Gasteiger partial charge in [-0.3, -0.25) is 19.6 Å². The van der Waals surface area contributed by atoms with Crippen LogP contribution in [0.2, 0.25) is 0 Å². The van der Waals surface area contributed by atoms with E-state index in [9.17, 15) is 30.5 Å². The lowest BCUT2D eigenvalue weighted by molar-refractivity contribution is -0.386. The molecule has 1 saturated heterocycles. The Kier molecular flexibility index (Phi) is 11.8. The number of fused-ring (bicyclic) bond motifs is 1. The van der Waals surface area contributed by atoms with E-state index in [1.165, 1.54) is 29.4 Å². The number of imidazole rings is 1. The third-order valence-electron chi connectivity index (χ3n) is 8.83. The lowest BCUT2D eigenvalue weighted by atomic mass is 10.1. The molecular formula is C36H41N7O8. The molecule has 3 heterocycles. The number of benzene rings is 3. The van der Waals surface area contributed by atoms with E-state index in [1.54, 1.807) is 6.07 Å². The molecular weight excluding hydrogens is 658 g/mol. The van der Waals surface area contributed by atoms with Crippen molar-refractivity contribution in [1.82, 2.24) is 24.4 Å². The van der Waals surface area contributed by atoms with Gasteiger partial charge in [0.1, 0.15) is 31.2 Å². The van der Waals surface area contributed by atoms with Crippen molar-refractivity contribution in [3.8, 4) is 5.75 Å². The highest BCUT2D eigenvalue weighted by Gasteiger charge is 2.44. The summed E-state index contributed by atoms with van der Waals surface area (Å²) in [4.78, 5) is 26.6. The zero-order chi connectivity index (χ0) is 35.7. The van der Waals surface area contributed by atoms with Crippen molar-refractivity contribution in [3.63, 3.8) is 0 Å². The van der Waals surface area contributed by atoms with Crippen LogP contribution in [0.3, 0.4) is 0 Å². The highest BCUT2D eigenvalue weighted by atomic mass is 16.6. The zero-order valence-electron chi connectivity index (χ0n) is 27.8. The normalized spacial score (nSPS) is 19.4. The van der Waals surface area contributed by atoms with Crippen LogP contribution in [0.25, 0.3) is 11.2 Å². The lowest BCUT2D eigenvalue weighted by Crippen LogP contribution is -2.33. The minimum atomic E-state index is -1.27. The maximum absolute atomic E-state index is 11.9. The second-order valence-electron chi connectivity index (χ2n) is 12.4. The fourth-order valence-electron chi connectivity index (χ4n) is 6.11. The molecule has 0 amide bonds. The van der Waals surface area contributed by atoms with E-state index in [-0.39, 0.29) is 24.6 Å². The average Bonchev–Trinajstić information content (AvgIpc) is 3.71. The number of anilines is 1. The van der Waals surface area contributed by atoms with E-state index >= 15 is 0 Å². The lowest BCUT2D eigenvalue weighted by Gasteiger charge is -2.25. The third kappa shape index (κ3) is 8.65. The van der Waals surface area contributed by atoms with Crippen LogP contribution in [0.1, 0.15) is 41.9 Å². The van der Waals surface area contributed by atoms with Gasteiger partial charge in [0.05, 0.1) is 24.0 Å². The van der Waals surface area contributed by atoms with Crippen LogP contribution in [-0.4, -0.2) is 94.3 Å². The number of aromatic nitrogens is 4. The number of aliphatic hydroxyl groups is 4. The van der Waals surface area contributed by atoms with E-state index in [0.717, 1.165) is 24.0 Å². The number of hydrogen-bond acceptors (Lipinski definition) is 13. The fraction of sp³-hybridized carbons (Fsp3) is 0.361. The molecule has 15 nitrogen and oxygen atoms in total. The number of nitro benzene ring substituents is 1. The first-order valence-corrected chi connectivity index (χ1v) is 16.8. The van der Waals surface area contributed by atoms with Crippen molar-refractivity contribution < 1.29 is 34.8 Å². The second-order valence-corrected chi connectivity index (χ2v) is 12.4. The molecule has 5 N–H and O–H groups in total. The van der Waals surface area contributed by atoms with Crippen LogP contribution in [-0.2, 0) is 17.9 Å². The molecule has 5 aromatic rings. The molecule has 2 aromatic heterocycles. The summed E-state index contributed by atoms with van der Waals surface area (Å²) in [5.41, 5.74) is 3.06. The van der Waals surface area contributed by atoms with Gasteiger partial charge in [0.15, 0.2) is 29.0 Å². The Morgan fingerprint density at radius 3 is 2.43 bits per heavy atom. The van der Waals surface area contributed by atoms with Crippen LogP contribution in [0.4, 0.5) is 11.5 Å². The summed E-state index contributed by atoms with van der Waals surface area (Å²) in [5, 5.41) is 56.6. The van der Waals surface area contributed by atoms with Gasteiger partial charge in [-0.1, -0.05) is 66.7 Å². The monoisotopic (exact) mass is 699 g/mol. The Morgan fingerprint density at radius 1 is 0.980 bits per heavy atom. The van der Waals surface area contributed by atoms with E-state index in [2.05, 4.69) is 25.2 Å². The molecule has 1 aliphatic heterocycles. The van der Waals surface area contributed by atoms with Gasteiger partial charge in [-0.2, -0.15) is 0 Å². The van der Waals surface area contributed by atoms with Crippen LogP contribution in [0, 0.1) is 10.1 Å². The minimum Gasteiger partial charge on any atom is -0.482 e. The Labute approximate surface area is 293 Å². The second kappa shape index (κ2) is 16.8. The smallest absolute Gasteiger partial charge is 0.311 e. The highest BCUT2D eigenvalue weighted by molar-refractivity contribution is 5.82. The van der Waals surface area contributed by atoms with E-state index in [0.29, 0.717) is 42.2 Å². The first-order chi connectivity index (χ1) is 24.8. The number of ether oxygens (including phenoxy) is 2. The van der Waals surface area contributed by atoms with Crippen molar-refractivity contribution in [2.24, 2.45) is 0 Å². The Morgan fingerprint density at radius 2 is 1.73 bits per heavy atom. The topological polar surface area (TPSA) is 201 Å². The number of nitrogens with one attached hydrogen (secondary N) is 1. The maximum Gasteiger partial charge on any atom is 0.311 e. The van der Waals surface area contributed by atoms with E-state index < -0.39 is 42.2 Å². The minimum absolute atomic E-state index is 0.139. The fourth-order valence-corrected chi connectivity index (χ4v) is 6.11. The summed E-state index contributed by atoms with van der Waals surface area (Å²) in [7, 11) is 0. The average molecular weight is 700 g/mol. The van der Waals surface area contributed by atoms with Gasteiger partial charge in [0.25, 0.3) is 0 Å². The van der Waals surface area contributed by atoms with Crippen molar-refractivity contribution in [2.45, 2.75) is 56.6 Å². The van der Waals surface area contributed by atoms with Crippen LogP contribution >= 0.6 is 0 Å². The molecule has 0 aliphatic carbocycles. The van der Waals surface area contributed by atoms with Crippen molar-refractivity contribution >= 4 is 22.7 Å². The number of hydrogen-bond donors (Lipinski definition) is 5. The van der Waals surface area contributed by atoms with Gasteiger partial charge in [-0.05, 0) is 42.1 Å². The molecule has 0 bridgehead atoms. The van der Waals surface area contributed by atoms with Gasteiger partial charge in [0.2, 0.25) is 0 Å². The molecule has 268 valence electrons. The van der Waals surface area contributed by atoms with Gasteiger partial charge in [0, 0.05) is 25.7 Å². The molecule has 1 fully saturated rings. The van der Waals surface area contributed by atoms with Gasteiger partial charge < -0.3 is 35.2 Å². The SMILES string of the molecule is O=[N+]([O-])c1cc(C(O)CN(CCCCNc2ncnc3c2ncn3[C@@H]2O[C@H](CO)[C@@H](O)[C@H]2O)Cc2ccccc2)ccc1OCc1ccccc1. The highest BCUT2D eigenvalue weighted by Crippen LogP contribution is 2.33. The molecule has 5 atom stereocenters. The van der Waals surface area contributed by atoms with Crippen molar-refractivity contribution in [1.29, 1.82) is 0 Å². The predicted molar refractivity (Wildman–Crippen MR) is 187 cm³/mol. The first-order valence-electron chi connectivity index (χ1n) is 16.8. The van der Waals surface area contributed by atoms with Crippen LogP contribution in [0.15, 0.2) is 91.5 Å². The molecule has 1 aliphatic rings. The summed E-state index contributed by atoms with van der Waals surface area (Å²) in [5.74, 6) is 0.639. The number of rotatable bonds is 17. The van der Waals surface area contributed by atoms with Crippen molar-refractivity contribution in [2.75, 3.05) is 31.6 Å². The first kappa shape index (κ1) is 35.8. The molecule has 0 radical (unpaired) electrons. The Bertz CT molecular complexity index is 1880.